The SMILES string of the molecule is CCCC/C=C/c1cn([C@H]2C[C@H](O)[C@@H](COP(=O)(O)OP(=O)(O)OP(=O)(O)O)O2)c(=O)[nH]c1=O. The number of aliphatic hydroxyl groups excluding tert-OH is 1. The molecule has 0 saturated carbocycles. The van der Waals surface area contributed by atoms with Crippen LogP contribution in [0, 0.1) is 0 Å². The number of nitrogens with zero attached hydrogens (tertiary/aromatic N) is 1. The van der Waals surface area contributed by atoms with Crippen LogP contribution in [0.15, 0.2) is 21.9 Å². The van der Waals surface area contributed by atoms with Gasteiger partial charge < -0.3 is 29.4 Å². The van der Waals surface area contributed by atoms with Crippen molar-refractivity contribution in [3.05, 3.63) is 38.7 Å². The molecule has 1 saturated heterocycles. The quantitative estimate of drug-likeness (QED) is 0.155. The molecule has 1 aromatic rings. The fraction of sp³-hybridized carbons (Fsp3) is 0.600. The van der Waals surface area contributed by atoms with E-state index >= 15 is 0 Å². The van der Waals surface area contributed by atoms with E-state index in [1.807, 2.05) is 6.92 Å². The van der Waals surface area contributed by atoms with Crippen LogP contribution in [-0.4, -0.2) is 53.0 Å². The zero-order valence-corrected chi connectivity index (χ0v) is 20.4. The van der Waals surface area contributed by atoms with Gasteiger partial charge in [0.25, 0.3) is 5.56 Å². The van der Waals surface area contributed by atoms with Gasteiger partial charge in [0.1, 0.15) is 12.3 Å². The molecule has 0 spiro atoms. The molecule has 0 aromatic carbocycles. The standard InChI is InChI=1S/C15H25N2O14P3/c1-2-3-4-5-6-10-8-17(15(20)16-14(10)19)13-7-11(18)12(29-13)9-28-33(24,25)31-34(26,27)30-32(21,22)23/h5-6,8,11-13,18H,2-4,7,9H2,1H3,(H,24,25)(H,26,27)(H,16,19,20)(H2,21,22,23)/b6-5+/t11-,12+,13+/m0/s1. The van der Waals surface area contributed by atoms with Crippen molar-refractivity contribution in [3.8, 4) is 0 Å². The van der Waals surface area contributed by atoms with E-state index in [-0.39, 0.29) is 12.0 Å². The predicted octanol–water partition coefficient (Wildman–Crippen LogP) is 0.732. The molecule has 0 bridgehead atoms. The minimum atomic E-state index is -5.69. The first-order valence-electron chi connectivity index (χ1n) is 9.76. The lowest BCUT2D eigenvalue weighted by molar-refractivity contribution is -0.0450. The van der Waals surface area contributed by atoms with Gasteiger partial charge in [-0.1, -0.05) is 31.9 Å². The predicted molar refractivity (Wildman–Crippen MR) is 114 cm³/mol. The number of aliphatic hydroxyl groups is 1. The number of phosphoric ester groups is 1. The summed E-state index contributed by atoms with van der Waals surface area (Å²) in [6.07, 6.45) is 3.16. The van der Waals surface area contributed by atoms with E-state index in [1.165, 1.54) is 12.3 Å². The molecule has 19 heteroatoms. The molecular weight excluding hydrogens is 525 g/mol. The number of rotatable bonds is 12. The lowest BCUT2D eigenvalue weighted by atomic mass is 10.2. The van der Waals surface area contributed by atoms with E-state index in [9.17, 15) is 33.3 Å². The Morgan fingerprint density at radius 3 is 2.47 bits per heavy atom. The molecule has 2 heterocycles. The Hall–Kier alpha value is -1.25. The van der Waals surface area contributed by atoms with Crippen LogP contribution in [0.4, 0.5) is 0 Å². The second-order valence-electron chi connectivity index (χ2n) is 7.11. The van der Waals surface area contributed by atoms with Crippen molar-refractivity contribution in [2.75, 3.05) is 6.61 Å². The summed E-state index contributed by atoms with van der Waals surface area (Å²) in [5.74, 6) is 0. The van der Waals surface area contributed by atoms with E-state index in [4.69, 9.17) is 19.4 Å². The maximum Gasteiger partial charge on any atom is 0.490 e. The zero-order valence-electron chi connectivity index (χ0n) is 17.7. The summed E-state index contributed by atoms with van der Waals surface area (Å²) < 4.78 is 51.9. The number of aromatic amines is 1. The third-order valence-electron chi connectivity index (χ3n) is 4.35. The topological polar surface area (TPSA) is 244 Å². The first-order valence-corrected chi connectivity index (χ1v) is 14.3. The van der Waals surface area contributed by atoms with Crippen LogP contribution in [0.3, 0.4) is 0 Å². The van der Waals surface area contributed by atoms with Crippen LogP contribution in [-0.2, 0) is 31.6 Å². The van der Waals surface area contributed by atoms with E-state index in [2.05, 4.69) is 18.1 Å². The molecule has 5 atom stereocenters. The molecule has 2 rings (SSSR count). The smallest absolute Gasteiger partial charge is 0.390 e. The number of unbranched alkanes of at least 4 members (excludes halogenated alkanes) is 2. The van der Waals surface area contributed by atoms with E-state index in [1.54, 1.807) is 6.08 Å². The Morgan fingerprint density at radius 2 is 1.85 bits per heavy atom. The lowest BCUT2D eigenvalue weighted by Crippen LogP contribution is -2.33. The highest BCUT2D eigenvalue weighted by Gasteiger charge is 2.43. The van der Waals surface area contributed by atoms with Crippen LogP contribution in [0.1, 0.15) is 44.4 Å². The van der Waals surface area contributed by atoms with Gasteiger partial charge >= 0.3 is 29.2 Å². The molecule has 16 nitrogen and oxygen atoms in total. The number of ether oxygens (including phenoxy) is 1. The Morgan fingerprint density at radius 1 is 1.18 bits per heavy atom. The van der Waals surface area contributed by atoms with Gasteiger partial charge in [0.2, 0.25) is 0 Å². The van der Waals surface area contributed by atoms with E-state index in [0.717, 1.165) is 23.8 Å². The third-order valence-corrected chi connectivity index (χ3v) is 8.15. The lowest BCUT2D eigenvalue weighted by Gasteiger charge is -2.19. The first-order chi connectivity index (χ1) is 15.6. The van der Waals surface area contributed by atoms with Crippen molar-refractivity contribution < 1.29 is 56.3 Å². The average Bonchev–Trinajstić information content (AvgIpc) is 3.02. The number of hydrogen-bond donors (Lipinski definition) is 6. The Bertz CT molecular complexity index is 1140. The molecule has 1 aromatic heterocycles. The van der Waals surface area contributed by atoms with Crippen LogP contribution in [0.2, 0.25) is 0 Å². The summed E-state index contributed by atoms with van der Waals surface area (Å²) in [6.45, 7) is 1.12. The summed E-state index contributed by atoms with van der Waals surface area (Å²) in [5.41, 5.74) is -1.30. The fourth-order valence-electron chi connectivity index (χ4n) is 2.87. The molecule has 0 aliphatic carbocycles. The van der Waals surface area contributed by atoms with Gasteiger partial charge in [-0.15, -0.1) is 0 Å². The molecule has 0 amide bonds. The minimum absolute atomic E-state index is 0.158. The van der Waals surface area contributed by atoms with Crippen molar-refractivity contribution in [1.82, 2.24) is 9.55 Å². The summed E-state index contributed by atoms with van der Waals surface area (Å²) in [6, 6.07) is 0. The molecule has 1 fully saturated rings. The Balaban J connectivity index is 2.07. The number of aromatic nitrogens is 2. The summed E-state index contributed by atoms with van der Waals surface area (Å²) in [4.78, 5) is 62.0. The number of H-pyrrole nitrogens is 1. The number of allylic oxidation sites excluding steroid dienone is 1. The highest BCUT2D eigenvalue weighted by molar-refractivity contribution is 7.66. The minimum Gasteiger partial charge on any atom is -0.390 e. The van der Waals surface area contributed by atoms with Crippen molar-refractivity contribution in [1.29, 1.82) is 0 Å². The molecule has 1 aliphatic rings. The summed E-state index contributed by atoms with van der Waals surface area (Å²) >= 11 is 0. The Labute approximate surface area is 192 Å². The highest BCUT2D eigenvalue weighted by Crippen LogP contribution is 2.66. The summed E-state index contributed by atoms with van der Waals surface area (Å²) in [7, 11) is -16.6. The third kappa shape index (κ3) is 9.08. The largest absolute Gasteiger partial charge is 0.490 e. The van der Waals surface area contributed by atoms with Crippen molar-refractivity contribution in [3.63, 3.8) is 0 Å². The van der Waals surface area contributed by atoms with E-state index < -0.39 is 59.8 Å². The maximum absolute atomic E-state index is 12.2. The highest BCUT2D eigenvalue weighted by atomic mass is 31.3. The molecule has 194 valence electrons. The number of nitrogens with one attached hydrogen (secondary N) is 1. The van der Waals surface area contributed by atoms with E-state index in [0.29, 0.717) is 0 Å². The number of phosphoric acid groups is 3. The average molecular weight is 550 g/mol. The second-order valence-corrected chi connectivity index (χ2v) is 11.5. The van der Waals surface area contributed by atoms with Gasteiger partial charge in [0.05, 0.1) is 18.3 Å². The molecular formula is C15H25N2O14P3. The summed E-state index contributed by atoms with van der Waals surface area (Å²) in [5, 5.41) is 10.2. The van der Waals surface area contributed by atoms with Crippen LogP contribution >= 0.6 is 23.5 Å². The zero-order chi connectivity index (χ0) is 25.7. The molecule has 0 radical (unpaired) electrons. The fourth-order valence-corrected chi connectivity index (χ4v) is 5.90. The van der Waals surface area contributed by atoms with Gasteiger partial charge in [-0.2, -0.15) is 8.62 Å². The van der Waals surface area contributed by atoms with Gasteiger partial charge in [-0.25, -0.2) is 18.5 Å². The molecule has 1 aliphatic heterocycles. The molecule has 6 N–H and O–H groups in total. The van der Waals surface area contributed by atoms with Gasteiger partial charge in [-0.3, -0.25) is 18.9 Å². The monoisotopic (exact) mass is 550 g/mol. The van der Waals surface area contributed by atoms with Gasteiger partial charge in [0, 0.05) is 12.6 Å². The van der Waals surface area contributed by atoms with Crippen LogP contribution < -0.4 is 11.2 Å². The van der Waals surface area contributed by atoms with Crippen molar-refractivity contribution in [2.45, 2.75) is 51.0 Å². The number of hydrogen-bond acceptors (Lipinski definition) is 10. The first kappa shape index (κ1) is 29.0. The molecule has 2 unspecified atom stereocenters. The second kappa shape index (κ2) is 11.7. The normalized spacial score (nSPS) is 24.8. The van der Waals surface area contributed by atoms with Crippen LogP contribution in [0.25, 0.3) is 6.08 Å². The Kier molecular flexibility index (Phi) is 9.94. The van der Waals surface area contributed by atoms with Gasteiger partial charge in [0.15, 0.2) is 0 Å². The van der Waals surface area contributed by atoms with Crippen molar-refractivity contribution >= 4 is 29.5 Å². The molecule has 34 heavy (non-hydrogen) atoms. The van der Waals surface area contributed by atoms with Crippen LogP contribution in [0.5, 0.6) is 0 Å². The van der Waals surface area contributed by atoms with Gasteiger partial charge in [-0.05, 0) is 6.42 Å². The van der Waals surface area contributed by atoms with Crippen molar-refractivity contribution in [2.24, 2.45) is 0 Å². The maximum atomic E-state index is 12.2.